The van der Waals surface area contributed by atoms with Gasteiger partial charge in [0.25, 0.3) is 0 Å². The number of epoxide rings is 1. The van der Waals surface area contributed by atoms with Crippen molar-refractivity contribution in [3.8, 4) is 0 Å². The molecule has 0 aromatic carbocycles. The summed E-state index contributed by atoms with van der Waals surface area (Å²) in [6.45, 7) is 10.6. The molecule has 0 aliphatic carbocycles. The van der Waals surface area contributed by atoms with E-state index in [4.69, 9.17) is 24.7 Å². The second kappa shape index (κ2) is 17.7. The zero-order chi connectivity index (χ0) is 29.5. The van der Waals surface area contributed by atoms with Crippen LogP contribution in [0.1, 0.15) is 60.4 Å². The van der Waals surface area contributed by atoms with E-state index in [-0.39, 0.29) is 5.69 Å². The van der Waals surface area contributed by atoms with E-state index in [1.165, 1.54) is 6.07 Å². The fourth-order valence-corrected chi connectivity index (χ4v) is 4.21. The summed E-state index contributed by atoms with van der Waals surface area (Å²) in [6, 6.07) is 8.60. The number of hydrogen-bond donors (Lipinski definition) is 3. The third-order valence-electron chi connectivity index (χ3n) is 6.24. The molecule has 1 aliphatic rings. The molecule has 1 saturated heterocycles. The summed E-state index contributed by atoms with van der Waals surface area (Å²) in [4.78, 5) is 22.2. The molecule has 1 fully saturated rings. The van der Waals surface area contributed by atoms with Gasteiger partial charge >= 0.3 is 5.97 Å². The van der Waals surface area contributed by atoms with Crippen LogP contribution >= 0.6 is 0 Å². The zero-order valence-corrected chi connectivity index (χ0v) is 24.1. The number of nitrogen functional groups attached to an aromatic ring is 1. The van der Waals surface area contributed by atoms with Gasteiger partial charge in [0.2, 0.25) is 0 Å². The number of aliphatic hydroxyl groups is 1. The Kier molecular flexibility index (Phi) is 14.1. The van der Waals surface area contributed by atoms with E-state index < -0.39 is 18.4 Å². The maximum absolute atomic E-state index is 11.2. The maximum atomic E-state index is 11.2. The lowest BCUT2D eigenvalue weighted by Crippen LogP contribution is -2.29. The number of ether oxygens (including phenoxy) is 4. The third kappa shape index (κ3) is 12.2. The number of carbonyl (C=O) groups is 1. The van der Waals surface area contributed by atoms with Gasteiger partial charge in [-0.1, -0.05) is 19.9 Å². The summed E-state index contributed by atoms with van der Waals surface area (Å²) in [5.74, 6) is -1.02. The van der Waals surface area contributed by atoms with Gasteiger partial charge in [0.15, 0.2) is 31.7 Å². The van der Waals surface area contributed by atoms with E-state index in [2.05, 4.69) is 33.3 Å². The molecule has 0 bridgehead atoms. The molecule has 0 spiro atoms. The number of pyridine rings is 2. The number of aromatic carboxylic acids is 1. The number of rotatable bonds is 21. The molecule has 2 atom stereocenters. The summed E-state index contributed by atoms with van der Waals surface area (Å²) in [5.41, 5.74) is 8.82. The molecule has 4 N–H and O–H groups in total. The van der Waals surface area contributed by atoms with Crippen molar-refractivity contribution in [3.05, 3.63) is 53.1 Å². The molecule has 3 rings (SSSR count). The van der Waals surface area contributed by atoms with Crippen molar-refractivity contribution in [2.24, 2.45) is 0 Å². The summed E-state index contributed by atoms with van der Waals surface area (Å²) in [5, 5.41) is 18.8. The molecule has 2 aromatic heterocycles. The van der Waals surface area contributed by atoms with Crippen molar-refractivity contribution in [3.63, 3.8) is 0 Å². The van der Waals surface area contributed by atoms with Gasteiger partial charge in [-0.3, -0.25) is 4.90 Å². The molecule has 12 heteroatoms. The Bertz CT molecular complexity index is 1120. The van der Waals surface area contributed by atoms with Gasteiger partial charge in [-0.05, 0) is 43.7 Å². The van der Waals surface area contributed by atoms with E-state index in [1.54, 1.807) is 12.1 Å². The van der Waals surface area contributed by atoms with Crippen LogP contribution in [0.2, 0.25) is 0 Å². The van der Waals surface area contributed by atoms with E-state index >= 15 is 0 Å². The first kappa shape index (κ1) is 32.5. The summed E-state index contributed by atoms with van der Waals surface area (Å²) < 4.78 is 24.5. The lowest BCUT2D eigenvalue weighted by molar-refractivity contribution is -0.544. The number of aromatic nitrogens is 2. The third-order valence-corrected chi connectivity index (χ3v) is 6.24. The number of nitrogens with zero attached hydrogens (tertiary/aromatic N) is 4. The van der Waals surface area contributed by atoms with Gasteiger partial charge in [0.05, 0.1) is 31.2 Å². The molecule has 2 aromatic rings. The SMILES string of the molecule is CCCOC/C=[N+](/CCOCCOCCN(CCC)Cc1cccc(C(=O)O)n1)Cc1cc(N)cc(C2OC2O)n1. The van der Waals surface area contributed by atoms with Crippen molar-refractivity contribution in [1.82, 2.24) is 14.9 Å². The lowest BCUT2D eigenvalue weighted by Gasteiger charge is -2.21. The highest BCUT2D eigenvalue weighted by Crippen LogP contribution is 2.36. The molecule has 1 aliphatic heterocycles. The predicted octanol–water partition coefficient (Wildman–Crippen LogP) is 2.10. The predicted molar refractivity (Wildman–Crippen MR) is 153 cm³/mol. The number of carboxylic acid groups (broad SMARTS) is 1. The Morgan fingerprint density at radius 2 is 1.83 bits per heavy atom. The standard InChI is InChI=1S/C29H43N5O7/c1-3-8-33(20-23-6-5-7-25(31-23)28(35)36)9-14-39-16-17-40-15-11-34(10-13-38-12-4-2)21-24-18-22(30)19-26(32-24)27-29(37)41-27/h5-7,10,18-19,27,29,37H,3-4,8-9,11-17,20-21H2,1-2H3,(H2-,30,32,35,36)/p+1/b34-10-. The van der Waals surface area contributed by atoms with Crippen LogP contribution in [0.5, 0.6) is 0 Å². The Balaban J connectivity index is 1.39. The van der Waals surface area contributed by atoms with Gasteiger partial charge in [0.1, 0.15) is 24.6 Å². The molecule has 41 heavy (non-hydrogen) atoms. The Labute approximate surface area is 241 Å². The highest BCUT2D eigenvalue weighted by Gasteiger charge is 2.40. The molecule has 0 radical (unpaired) electrons. The van der Waals surface area contributed by atoms with Gasteiger partial charge in [-0.15, -0.1) is 0 Å². The molecule has 0 saturated carbocycles. The fraction of sp³-hybridized carbons (Fsp3) is 0.586. The largest absolute Gasteiger partial charge is 0.477 e. The summed E-state index contributed by atoms with van der Waals surface area (Å²) in [7, 11) is 0. The van der Waals surface area contributed by atoms with Crippen molar-refractivity contribution < 1.29 is 38.5 Å². The van der Waals surface area contributed by atoms with Gasteiger partial charge in [0, 0.05) is 25.4 Å². The fourth-order valence-electron chi connectivity index (χ4n) is 4.21. The molecular formula is C29H44N5O7+. The van der Waals surface area contributed by atoms with E-state index in [1.807, 2.05) is 18.3 Å². The Hall–Kier alpha value is -3.00. The molecule has 226 valence electrons. The molecule has 2 unspecified atom stereocenters. The summed E-state index contributed by atoms with van der Waals surface area (Å²) in [6.07, 6.45) is 2.68. The van der Waals surface area contributed by atoms with Crippen LogP contribution in [-0.4, -0.2) is 107 Å². The molecule has 12 nitrogen and oxygen atoms in total. The molecule has 0 amide bonds. The number of carboxylic acids is 1. The van der Waals surface area contributed by atoms with Crippen molar-refractivity contribution >= 4 is 17.9 Å². The zero-order valence-electron chi connectivity index (χ0n) is 24.1. The van der Waals surface area contributed by atoms with Gasteiger partial charge < -0.3 is 34.9 Å². The maximum Gasteiger partial charge on any atom is 0.354 e. The average molecular weight is 575 g/mol. The van der Waals surface area contributed by atoms with Crippen molar-refractivity contribution in [2.45, 2.75) is 52.2 Å². The highest BCUT2D eigenvalue weighted by atomic mass is 16.7. The number of anilines is 1. The second-order valence-corrected chi connectivity index (χ2v) is 9.81. The van der Waals surface area contributed by atoms with Crippen LogP contribution in [-0.2, 0) is 32.0 Å². The normalized spacial score (nSPS) is 16.8. The second-order valence-electron chi connectivity index (χ2n) is 9.81. The minimum Gasteiger partial charge on any atom is -0.477 e. The topological polar surface area (TPSA) is 156 Å². The van der Waals surface area contributed by atoms with Gasteiger partial charge in [-0.2, -0.15) is 0 Å². The molecule has 3 heterocycles. The Morgan fingerprint density at radius 1 is 1.05 bits per heavy atom. The first-order chi connectivity index (χ1) is 19.9. The quantitative estimate of drug-likeness (QED) is 0.0868. The minimum absolute atomic E-state index is 0.0543. The first-order valence-corrected chi connectivity index (χ1v) is 14.2. The van der Waals surface area contributed by atoms with Crippen LogP contribution in [0.15, 0.2) is 30.3 Å². The van der Waals surface area contributed by atoms with Crippen LogP contribution in [0.4, 0.5) is 5.69 Å². The Morgan fingerprint density at radius 3 is 2.54 bits per heavy atom. The van der Waals surface area contributed by atoms with Crippen LogP contribution in [0.25, 0.3) is 0 Å². The molecular weight excluding hydrogens is 530 g/mol. The first-order valence-electron chi connectivity index (χ1n) is 14.2. The van der Waals surface area contributed by atoms with E-state index in [0.29, 0.717) is 77.2 Å². The van der Waals surface area contributed by atoms with Crippen LogP contribution < -0.4 is 5.73 Å². The van der Waals surface area contributed by atoms with E-state index in [0.717, 1.165) is 30.8 Å². The minimum atomic E-state index is -1.02. The van der Waals surface area contributed by atoms with Crippen LogP contribution in [0, 0.1) is 0 Å². The smallest absolute Gasteiger partial charge is 0.354 e. The number of aliphatic hydroxyl groups excluding tert-OH is 1. The monoisotopic (exact) mass is 574 g/mol. The highest BCUT2D eigenvalue weighted by molar-refractivity contribution is 5.85. The van der Waals surface area contributed by atoms with E-state index in [9.17, 15) is 15.0 Å². The number of hydrogen-bond acceptors (Lipinski definition) is 10. The number of nitrogens with two attached hydrogens (primary N) is 1. The van der Waals surface area contributed by atoms with Gasteiger partial charge in [-0.25, -0.2) is 19.3 Å². The van der Waals surface area contributed by atoms with Crippen molar-refractivity contribution in [2.75, 3.05) is 65.0 Å². The van der Waals surface area contributed by atoms with Crippen molar-refractivity contribution in [1.29, 1.82) is 0 Å². The van der Waals surface area contributed by atoms with Crippen LogP contribution in [0.3, 0.4) is 0 Å². The average Bonchev–Trinajstić information content (AvgIpc) is 3.68. The summed E-state index contributed by atoms with van der Waals surface area (Å²) >= 11 is 0. The lowest BCUT2D eigenvalue weighted by atomic mass is 10.2.